The van der Waals surface area contributed by atoms with E-state index >= 15 is 0 Å². The van der Waals surface area contributed by atoms with E-state index in [1.165, 1.54) is 12.1 Å². The third-order valence-electron chi connectivity index (χ3n) is 5.07. The maximum absolute atomic E-state index is 12.9. The van der Waals surface area contributed by atoms with E-state index in [1.807, 2.05) is 0 Å². The topological polar surface area (TPSA) is 208 Å². The molecule has 2 aromatic carbocycles. The van der Waals surface area contributed by atoms with Crippen LogP contribution in [0.15, 0.2) is 54.6 Å². The van der Waals surface area contributed by atoms with Crippen molar-refractivity contribution < 1.29 is 39.3 Å². The molecule has 0 fully saturated rings. The molecule has 0 aliphatic heterocycles. The highest BCUT2D eigenvalue weighted by Gasteiger charge is 2.30. The van der Waals surface area contributed by atoms with Gasteiger partial charge in [0.2, 0.25) is 17.7 Å². The van der Waals surface area contributed by atoms with Crippen LogP contribution in [0.3, 0.4) is 0 Å². The fourth-order valence-electron chi connectivity index (χ4n) is 3.26. The van der Waals surface area contributed by atoms with Gasteiger partial charge in [0.1, 0.15) is 24.4 Å². The number of hydrogen-bond acceptors (Lipinski definition) is 7. The van der Waals surface area contributed by atoms with Crippen molar-refractivity contribution >= 4 is 29.7 Å². The maximum atomic E-state index is 12.9. The quantitative estimate of drug-likeness (QED) is 0.182. The number of rotatable bonds is 13. The third-order valence-corrected chi connectivity index (χ3v) is 5.07. The molecule has 0 spiro atoms. The van der Waals surface area contributed by atoms with Crippen LogP contribution in [0.5, 0.6) is 5.75 Å². The summed E-state index contributed by atoms with van der Waals surface area (Å²) in [5, 5.41) is 34.3. The number of carbonyl (C=O) groups excluding carboxylic acids is 3. The lowest BCUT2D eigenvalue weighted by Crippen LogP contribution is -2.57. The standard InChI is InChI=1S/C24H28N4O8/c25-17(10-15-6-8-16(29)9-7-15)22(34)27-19(12-20(30)31)24(36)28-18(23(35)26-13-21(32)33)11-14-4-2-1-3-5-14/h1-9,17-19,29H,10-13,25H2,(H,26,35)(H,27,34)(H,28,36)(H,30,31)(H,32,33). The molecule has 0 saturated heterocycles. The molecule has 12 heteroatoms. The number of hydrogen-bond donors (Lipinski definition) is 7. The summed E-state index contributed by atoms with van der Waals surface area (Å²) in [6.45, 7) is -0.679. The van der Waals surface area contributed by atoms with E-state index in [0.29, 0.717) is 11.1 Å². The summed E-state index contributed by atoms with van der Waals surface area (Å²) in [6, 6.07) is 10.6. The number of carboxylic acids is 2. The van der Waals surface area contributed by atoms with Crippen molar-refractivity contribution in [2.75, 3.05) is 6.54 Å². The summed E-state index contributed by atoms with van der Waals surface area (Å²) < 4.78 is 0. The zero-order chi connectivity index (χ0) is 26.7. The molecular formula is C24H28N4O8. The molecule has 2 rings (SSSR count). The molecule has 0 aromatic heterocycles. The van der Waals surface area contributed by atoms with E-state index in [2.05, 4.69) is 16.0 Å². The van der Waals surface area contributed by atoms with Crippen LogP contribution in [0.4, 0.5) is 0 Å². The molecule has 0 aliphatic carbocycles. The van der Waals surface area contributed by atoms with Crippen molar-refractivity contribution in [1.29, 1.82) is 0 Å². The SMILES string of the molecule is NC(Cc1ccc(O)cc1)C(=O)NC(CC(=O)O)C(=O)NC(Cc1ccccc1)C(=O)NCC(=O)O. The maximum Gasteiger partial charge on any atom is 0.322 e. The van der Waals surface area contributed by atoms with Crippen LogP contribution < -0.4 is 21.7 Å². The van der Waals surface area contributed by atoms with Crippen molar-refractivity contribution in [3.8, 4) is 5.75 Å². The molecule has 3 atom stereocenters. The Morgan fingerprint density at radius 3 is 1.89 bits per heavy atom. The number of carbonyl (C=O) groups is 5. The second-order valence-corrected chi connectivity index (χ2v) is 8.00. The van der Waals surface area contributed by atoms with Gasteiger partial charge in [-0.25, -0.2) is 0 Å². The Hall–Kier alpha value is -4.45. The fraction of sp³-hybridized carbons (Fsp3) is 0.292. The number of amides is 3. The Bertz CT molecular complexity index is 1080. The molecule has 0 bridgehead atoms. The molecule has 0 radical (unpaired) electrons. The molecule has 0 aliphatic rings. The third kappa shape index (κ3) is 9.43. The summed E-state index contributed by atoms with van der Waals surface area (Å²) in [5.41, 5.74) is 7.20. The summed E-state index contributed by atoms with van der Waals surface area (Å²) in [6.07, 6.45) is -0.730. The number of aromatic hydroxyl groups is 1. The van der Waals surface area contributed by atoms with Gasteiger partial charge in [0.15, 0.2) is 0 Å². The monoisotopic (exact) mass is 500 g/mol. The van der Waals surface area contributed by atoms with Crippen LogP contribution in [0.1, 0.15) is 17.5 Å². The predicted octanol–water partition coefficient (Wildman–Crippen LogP) is -0.850. The second-order valence-electron chi connectivity index (χ2n) is 8.00. The van der Waals surface area contributed by atoms with Crippen LogP contribution in [0.2, 0.25) is 0 Å². The lowest BCUT2D eigenvalue weighted by Gasteiger charge is -2.23. The Morgan fingerprint density at radius 1 is 0.722 bits per heavy atom. The van der Waals surface area contributed by atoms with Crippen molar-refractivity contribution in [3.05, 3.63) is 65.7 Å². The summed E-state index contributed by atoms with van der Waals surface area (Å²) in [4.78, 5) is 60.3. The van der Waals surface area contributed by atoms with Crippen molar-refractivity contribution in [2.24, 2.45) is 5.73 Å². The van der Waals surface area contributed by atoms with Crippen LogP contribution in [-0.2, 0) is 36.8 Å². The summed E-state index contributed by atoms with van der Waals surface area (Å²) in [5.74, 6) is -5.16. The Balaban J connectivity index is 2.12. The van der Waals surface area contributed by atoms with E-state index in [1.54, 1.807) is 42.5 Å². The zero-order valence-electron chi connectivity index (χ0n) is 19.2. The van der Waals surface area contributed by atoms with Gasteiger partial charge in [-0.1, -0.05) is 42.5 Å². The largest absolute Gasteiger partial charge is 0.508 e. The van der Waals surface area contributed by atoms with E-state index < -0.39 is 60.8 Å². The first-order valence-electron chi connectivity index (χ1n) is 10.9. The van der Waals surface area contributed by atoms with Crippen molar-refractivity contribution in [2.45, 2.75) is 37.4 Å². The normalized spacial score (nSPS) is 13.0. The molecule has 192 valence electrons. The predicted molar refractivity (Wildman–Crippen MR) is 127 cm³/mol. The average Bonchev–Trinajstić information content (AvgIpc) is 2.83. The van der Waals surface area contributed by atoms with Crippen LogP contribution in [-0.4, -0.2) is 69.7 Å². The summed E-state index contributed by atoms with van der Waals surface area (Å²) >= 11 is 0. The zero-order valence-corrected chi connectivity index (χ0v) is 19.2. The molecule has 3 unspecified atom stereocenters. The van der Waals surface area contributed by atoms with Gasteiger partial charge >= 0.3 is 11.9 Å². The number of aliphatic carboxylic acids is 2. The molecule has 0 heterocycles. The van der Waals surface area contributed by atoms with Crippen molar-refractivity contribution in [1.82, 2.24) is 16.0 Å². The molecule has 2 aromatic rings. The van der Waals surface area contributed by atoms with Gasteiger partial charge < -0.3 is 37.0 Å². The molecule has 8 N–H and O–H groups in total. The van der Waals surface area contributed by atoms with E-state index in [-0.39, 0.29) is 18.6 Å². The molecule has 3 amide bonds. The second kappa shape index (κ2) is 13.4. The first-order valence-corrected chi connectivity index (χ1v) is 10.9. The van der Waals surface area contributed by atoms with Crippen LogP contribution >= 0.6 is 0 Å². The van der Waals surface area contributed by atoms with Gasteiger partial charge in [0.05, 0.1) is 12.5 Å². The molecule has 0 saturated carbocycles. The van der Waals surface area contributed by atoms with Gasteiger partial charge in [-0.2, -0.15) is 0 Å². The first kappa shape index (κ1) is 27.8. The van der Waals surface area contributed by atoms with E-state index in [4.69, 9.17) is 10.8 Å². The van der Waals surface area contributed by atoms with Gasteiger partial charge in [0, 0.05) is 6.42 Å². The lowest BCUT2D eigenvalue weighted by atomic mass is 10.0. The average molecular weight is 501 g/mol. The highest BCUT2D eigenvalue weighted by Crippen LogP contribution is 2.11. The Kier molecular flexibility index (Phi) is 10.4. The Labute approximate surface area is 206 Å². The molecular weight excluding hydrogens is 472 g/mol. The minimum Gasteiger partial charge on any atom is -0.508 e. The van der Waals surface area contributed by atoms with E-state index in [0.717, 1.165) is 0 Å². The van der Waals surface area contributed by atoms with E-state index in [9.17, 15) is 34.2 Å². The van der Waals surface area contributed by atoms with Gasteiger partial charge in [-0.3, -0.25) is 24.0 Å². The lowest BCUT2D eigenvalue weighted by molar-refractivity contribution is -0.141. The number of nitrogens with two attached hydrogens (primary N) is 1. The number of phenolic OH excluding ortho intramolecular Hbond substituents is 1. The Morgan fingerprint density at radius 2 is 1.31 bits per heavy atom. The smallest absolute Gasteiger partial charge is 0.322 e. The minimum atomic E-state index is -1.55. The minimum absolute atomic E-state index is 0.00780. The number of nitrogens with one attached hydrogen (secondary N) is 3. The first-order chi connectivity index (χ1) is 17.0. The fourth-order valence-corrected chi connectivity index (χ4v) is 3.26. The van der Waals surface area contributed by atoms with Gasteiger partial charge in [-0.05, 0) is 29.7 Å². The molecule has 12 nitrogen and oxygen atoms in total. The highest BCUT2D eigenvalue weighted by molar-refractivity contribution is 5.95. The summed E-state index contributed by atoms with van der Waals surface area (Å²) in [7, 11) is 0. The number of carboxylic acid groups (broad SMARTS) is 2. The van der Waals surface area contributed by atoms with Crippen molar-refractivity contribution in [3.63, 3.8) is 0 Å². The number of phenols is 1. The highest BCUT2D eigenvalue weighted by atomic mass is 16.4. The van der Waals surface area contributed by atoms with Gasteiger partial charge in [-0.15, -0.1) is 0 Å². The van der Waals surface area contributed by atoms with Gasteiger partial charge in [0.25, 0.3) is 0 Å². The molecule has 36 heavy (non-hydrogen) atoms. The number of benzene rings is 2. The van der Waals surface area contributed by atoms with Crippen LogP contribution in [0, 0.1) is 0 Å². The van der Waals surface area contributed by atoms with Crippen LogP contribution in [0.25, 0.3) is 0 Å².